The number of para-hydroxylation sites is 4. The van der Waals surface area contributed by atoms with Gasteiger partial charge in [-0.15, -0.1) is 0 Å². The minimum Gasteiger partial charge on any atom is -0.270 e. The molecule has 0 aliphatic carbocycles. The molecule has 12 rings (SSSR count). The number of anilines is 8. The van der Waals surface area contributed by atoms with E-state index >= 15 is 9.13 Å². The molecule has 0 aromatic heterocycles. The lowest BCUT2D eigenvalue weighted by Gasteiger charge is -2.33. The molecule has 8 heteroatoms. The summed E-state index contributed by atoms with van der Waals surface area (Å²) in [5.74, 6) is 0. The summed E-state index contributed by atoms with van der Waals surface area (Å²) in [4.78, 5) is 0. The summed E-state index contributed by atoms with van der Waals surface area (Å²) in [6.07, 6.45) is 0. The standard InChI is InChI=1S/C58H42N4O2P2/c63-65(49-29-15-5-16-30-49)59(45-21-7-1-8-22-45)55-39-35-43(41-57(55)61(65)47-25-11-3-12-26-47)51-37-38-52(54-34-20-19-33-53(51)54)44-36-40-56-58(42-44)62(48-27-13-4-14-28-48)66(64,50-31-17-6-18-32-50)60(56)46-23-9-2-10-24-46/h1-42H. The van der Waals surface area contributed by atoms with Crippen molar-refractivity contribution >= 4 is 81.8 Å². The van der Waals surface area contributed by atoms with Crippen LogP contribution in [0.5, 0.6) is 0 Å². The topological polar surface area (TPSA) is 47.1 Å². The van der Waals surface area contributed by atoms with Crippen LogP contribution in [0, 0.1) is 0 Å². The fraction of sp³-hybridized carbons (Fsp3) is 0. The second-order valence-electron chi connectivity index (χ2n) is 16.5. The molecule has 0 amide bonds. The van der Waals surface area contributed by atoms with Crippen LogP contribution in [0.2, 0.25) is 0 Å². The maximum absolute atomic E-state index is 16.2. The summed E-state index contributed by atoms with van der Waals surface area (Å²) >= 11 is 0. The van der Waals surface area contributed by atoms with E-state index in [0.29, 0.717) is 0 Å². The molecule has 0 spiro atoms. The summed E-state index contributed by atoms with van der Waals surface area (Å²) in [7, 11) is -7.05. The van der Waals surface area contributed by atoms with Gasteiger partial charge in [-0.2, -0.15) is 0 Å². The van der Waals surface area contributed by atoms with Crippen molar-refractivity contribution in [2.75, 3.05) is 18.7 Å². The molecular formula is C58H42N4O2P2. The minimum atomic E-state index is -3.52. The number of rotatable bonds is 8. The van der Waals surface area contributed by atoms with Gasteiger partial charge in [-0.05, 0) is 130 Å². The molecule has 2 aliphatic heterocycles. The number of hydrogen-bond donors (Lipinski definition) is 0. The quantitative estimate of drug-likeness (QED) is 0.142. The number of benzene rings is 10. The van der Waals surface area contributed by atoms with E-state index in [1.165, 1.54) is 0 Å². The van der Waals surface area contributed by atoms with Crippen LogP contribution in [-0.2, 0) is 9.13 Å². The van der Waals surface area contributed by atoms with Crippen LogP contribution in [0.4, 0.5) is 45.5 Å². The molecular weight excluding hydrogens is 847 g/mol. The molecule has 0 saturated carbocycles. The largest absolute Gasteiger partial charge is 0.301 e. The van der Waals surface area contributed by atoms with Crippen LogP contribution in [0.3, 0.4) is 0 Å². The van der Waals surface area contributed by atoms with Gasteiger partial charge in [-0.3, -0.25) is 27.8 Å². The molecule has 10 aromatic carbocycles. The molecule has 2 unspecified atom stereocenters. The Hall–Kier alpha value is -7.88. The third kappa shape index (κ3) is 6.18. The predicted molar refractivity (Wildman–Crippen MR) is 277 cm³/mol. The summed E-state index contributed by atoms with van der Waals surface area (Å²) in [5, 5.41) is 3.67. The average Bonchev–Trinajstić information content (AvgIpc) is 3.82. The Balaban J connectivity index is 1.03. The van der Waals surface area contributed by atoms with E-state index < -0.39 is 14.9 Å². The van der Waals surface area contributed by atoms with Gasteiger partial charge in [0.05, 0.1) is 33.4 Å². The first-order chi connectivity index (χ1) is 32.5. The molecule has 316 valence electrons. The second kappa shape index (κ2) is 16.0. The SMILES string of the molecule is O=P1(c2ccccc2)N(c2ccccc2)c2ccc(-c3ccc(-c4ccc5c(c4)N(c4ccccc4)P(=O)(c4ccccc4)N5c4ccccc4)c4ccccc34)cc2N1c1ccccc1. The zero-order chi connectivity index (χ0) is 44.2. The van der Waals surface area contributed by atoms with Gasteiger partial charge in [-0.25, -0.2) is 0 Å². The number of fused-ring (bicyclic) bond motifs is 3. The number of hydrogen-bond acceptors (Lipinski definition) is 2. The van der Waals surface area contributed by atoms with Gasteiger partial charge in [0.1, 0.15) is 0 Å². The van der Waals surface area contributed by atoms with E-state index in [9.17, 15) is 0 Å². The van der Waals surface area contributed by atoms with E-state index in [0.717, 1.165) is 89.1 Å². The van der Waals surface area contributed by atoms with Crippen molar-refractivity contribution in [3.63, 3.8) is 0 Å². The van der Waals surface area contributed by atoms with Crippen LogP contribution in [0.1, 0.15) is 0 Å². The molecule has 0 fully saturated rings. The average molecular weight is 889 g/mol. The van der Waals surface area contributed by atoms with Gasteiger partial charge in [-0.1, -0.05) is 158 Å². The lowest BCUT2D eigenvalue weighted by Crippen LogP contribution is -2.26. The molecule has 0 bridgehead atoms. The molecule has 2 atom stereocenters. The Morgan fingerprint density at radius 2 is 0.530 bits per heavy atom. The molecule has 6 nitrogen and oxygen atoms in total. The maximum Gasteiger partial charge on any atom is 0.301 e. The van der Waals surface area contributed by atoms with Crippen molar-refractivity contribution in [1.82, 2.24) is 0 Å². The fourth-order valence-electron chi connectivity index (χ4n) is 9.81. The van der Waals surface area contributed by atoms with Crippen molar-refractivity contribution in [1.29, 1.82) is 0 Å². The minimum absolute atomic E-state index is 0.748. The van der Waals surface area contributed by atoms with Gasteiger partial charge < -0.3 is 0 Å². The smallest absolute Gasteiger partial charge is 0.270 e. The predicted octanol–water partition coefficient (Wildman–Crippen LogP) is 15.8. The highest BCUT2D eigenvalue weighted by molar-refractivity contribution is 7.76. The number of nitrogens with zero attached hydrogens (tertiary/aromatic N) is 4. The molecule has 2 heterocycles. The van der Waals surface area contributed by atoms with E-state index in [4.69, 9.17) is 0 Å². The highest BCUT2D eigenvalue weighted by Crippen LogP contribution is 2.72. The van der Waals surface area contributed by atoms with Crippen molar-refractivity contribution in [2.24, 2.45) is 0 Å². The van der Waals surface area contributed by atoms with Gasteiger partial charge >= 0.3 is 14.9 Å². The van der Waals surface area contributed by atoms with Gasteiger partial charge in [0, 0.05) is 22.7 Å². The Morgan fingerprint density at radius 3 is 0.848 bits per heavy atom. The molecule has 66 heavy (non-hydrogen) atoms. The van der Waals surface area contributed by atoms with Crippen LogP contribution >= 0.6 is 14.9 Å². The summed E-state index contributed by atoms with van der Waals surface area (Å²) in [6.45, 7) is 0. The normalized spacial score (nSPS) is 17.5. The first-order valence-electron chi connectivity index (χ1n) is 22.1. The van der Waals surface area contributed by atoms with Crippen molar-refractivity contribution in [2.45, 2.75) is 0 Å². The fourth-order valence-corrected chi connectivity index (χ4v) is 15.8. The first-order valence-corrected chi connectivity index (χ1v) is 25.3. The monoisotopic (exact) mass is 888 g/mol. The van der Waals surface area contributed by atoms with E-state index in [1.54, 1.807) is 0 Å². The van der Waals surface area contributed by atoms with Crippen LogP contribution in [0.25, 0.3) is 33.0 Å². The van der Waals surface area contributed by atoms with Crippen LogP contribution < -0.4 is 29.3 Å². The summed E-state index contributed by atoms with van der Waals surface area (Å²) in [5.41, 5.74) is 11.1. The van der Waals surface area contributed by atoms with Gasteiger partial charge in [0.2, 0.25) is 0 Å². The Kier molecular flexibility index (Phi) is 9.61. The van der Waals surface area contributed by atoms with E-state index in [2.05, 4.69) is 82.1 Å². The highest BCUT2D eigenvalue weighted by Gasteiger charge is 2.50. The molecule has 2 aliphatic rings. The van der Waals surface area contributed by atoms with E-state index in [-0.39, 0.29) is 0 Å². The molecule has 0 N–H and O–H groups in total. The van der Waals surface area contributed by atoms with Crippen LogP contribution in [0.15, 0.2) is 255 Å². The third-order valence-electron chi connectivity index (χ3n) is 12.7. The van der Waals surface area contributed by atoms with Gasteiger partial charge in [0.25, 0.3) is 0 Å². The Morgan fingerprint density at radius 1 is 0.258 bits per heavy atom. The van der Waals surface area contributed by atoms with Crippen molar-refractivity contribution < 1.29 is 9.13 Å². The molecule has 10 aromatic rings. The summed E-state index contributed by atoms with van der Waals surface area (Å²) in [6, 6.07) is 85.9. The van der Waals surface area contributed by atoms with Crippen molar-refractivity contribution in [3.05, 3.63) is 255 Å². The zero-order valence-electron chi connectivity index (χ0n) is 35.7. The van der Waals surface area contributed by atoms with Crippen molar-refractivity contribution in [3.8, 4) is 22.3 Å². The lowest BCUT2D eigenvalue weighted by molar-refractivity contribution is 0.581. The first kappa shape index (κ1) is 39.7. The summed E-state index contributed by atoms with van der Waals surface area (Å²) < 4.78 is 40.7. The zero-order valence-corrected chi connectivity index (χ0v) is 37.5. The highest BCUT2D eigenvalue weighted by atomic mass is 31.2. The van der Waals surface area contributed by atoms with E-state index in [1.807, 2.05) is 191 Å². The second-order valence-corrected chi connectivity index (χ2v) is 21.3. The maximum atomic E-state index is 16.2. The Labute approximate surface area is 384 Å². The molecule has 0 saturated heterocycles. The van der Waals surface area contributed by atoms with Crippen LogP contribution in [-0.4, -0.2) is 0 Å². The third-order valence-corrected chi connectivity index (χ3v) is 18.6. The van der Waals surface area contributed by atoms with Gasteiger partial charge in [0.15, 0.2) is 0 Å². The Bertz CT molecular complexity index is 3270. The molecule has 0 radical (unpaired) electrons. The lowest BCUT2D eigenvalue weighted by atomic mass is 9.91.